The highest BCUT2D eigenvalue weighted by Crippen LogP contribution is 2.10. The van der Waals surface area contributed by atoms with E-state index in [1.165, 1.54) is 84.0 Å². The monoisotopic (exact) mass is 382 g/mol. The predicted molar refractivity (Wildman–Crippen MR) is 116 cm³/mol. The van der Waals surface area contributed by atoms with Crippen molar-refractivity contribution in [3.05, 3.63) is 12.2 Å². The minimum Gasteiger partial charge on any atom is -0.465 e. The maximum absolute atomic E-state index is 11.2. The summed E-state index contributed by atoms with van der Waals surface area (Å²) < 4.78 is 5.00. The van der Waals surface area contributed by atoms with E-state index >= 15 is 0 Å². The molecular formula is C22H43AlO3. The molecule has 0 saturated carbocycles. The molecule has 0 bridgehead atoms. The average molecular weight is 383 g/mol. The van der Waals surface area contributed by atoms with E-state index in [0.29, 0.717) is 6.61 Å². The Hall–Kier alpha value is -0.588. The number of rotatable bonds is 18. The molecule has 0 heterocycles. The molecule has 0 spiro atoms. The lowest BCUT2D eigenvalue weighted by atomic mass is 10.1. The Labute approximate surface area is 172 Å². The van der Waals surface area contributed by atoms with Crippen LogP contribution in [0, 0.1) is 0 Å². The molecule has 0 rings (SSSR count). The van der Waals surface area contributed by atoms with E-state index in [0.717, 1.165) is 12.8 Å². The molecule has 0 N–H and O–H groups in total. The summed E-state index contributed by atoms with van der Waals surface area (Å²) in [4.78, 5) is 21.9. The Morgan fingerprint density at radius 1 is 0.731 bits per heavy atom. The zero-order chi connectivity index (χ0) is 18.6. The van der Waals surface area contributed by atoms with Crippen molar-refractivity contribution in [1.29, 1.82) is 0 Å². The van der Waals surface area contributed by atoms with Crippen molar-refractivity contribution in [3.63, 3.8) is 0 Å². The lowest BCUT2D eigenvalue weighted by Gasteiger charge is -2.03. The van der Waals surface area contributed by atoms with E-state index in [1.807, 2.05) is 0 Å². The van der Waals surface area contributed by atoms with Crippen molar-refractivity contribution in [1.82, 2.24) is 0 Å². The van der Waals surface area contributed by atoms with Gasteiger partial charge in [0.05, 0.1) is 6.61 Å². The van der Waals surface area contributed by atoms with Crippen molar-refractivity contribution in [3.8, 4) is 0 Å². The fourth-order valence-corrected chi connectivity index (χ4v) is 2.79. The number of esters is 1. The Balaban J connectivity index is 0. The number of carbonyl (C=O) groups excluding carboxylic acids is 2. The lowest BCUT2D eigenvalue weighted by Crippen LogP contribution is -2.09. The highest BCUT2D eigenvalue weighted by atomic mass is 27.0. The summed E-state index contributed by atoms with van der Waals surface area (Å²) in [7, 11) is 0. The molecule has 0 aromatic carbocycles. The molecule has 0 unspecified atom stereocenters. The van der Waals surface area contributed by atoms with Crippen LogP contribution in [0.25, 0.3) is 0 Å². The highest BCUT2D eigenvalue weighted by Gasteiger charge is 2.05. The zero-order valence-corrected chi connectivity index (χ0v) is 16.7. The number of allylic oxidation sites excluding steroid dienone is 2. The molecule has 4 heteroatoms. The summed E-state index contributed by atoms with van der Waals surface area (Å²) in [5, 5.41) is 0. The van der Waals surface area contributed by atoms with Gasteiger partial charge in [-0.2, -0.15) is 0 Å². The van der Waals surface area contributed by atoms with Crippen molar-refractivity contribution in [2.24, 2.45) is 0 Å². The molecule has 0 atom stereocenters. The number of hydrogen-bond acceptors (Lipinski definition) is 3. The SMILES string of the molecule is CCCCCCCCC=CCCCCCCCCOC(=O)CC(C)=O.[AlH3]. The normalized spacial score (nSPS) is 10.7. The molecule has 152 valence electrons. The van der Waals surface area contributed by atoms with E-state index in [-0.39, 0.29) is 35.5 Å². The topological polar surface area (TPSA) is 43.4 Å². The smallest absolute Gasteiger partial charge is 0.313 e. The molecule has 0 aromatic heterocycles. The number of ketones is 1. The fourth-order valence-electron chi connectivity index (χ4n) is 2.79. The number of hydrogen-bond donors (Lipinski definition) is 0. The summed E-state index contributed by atoms with van der Waals surface area (Å²) in [6.07, 6.45) is 22.3. The van der Waals surface area contributed by atoms with Crippen LogP contribution < -0.4 is 0 Å². The van der Waals surface area contributed by atoms with Gasteiger partial charge in [-0.1, -0.05) is 76.9 Å². The van der Waals surface area contributed by atoms with Crippen LogP contribution in [0.15, 0.2) is 12.2 Å². The molecule has 0 amide bonds. The Kier molecular flexibility index (Phi) is 23.9. The Bertz CT molecular complexity index is 353. The van der Waals surface area contributed by atoms with Crippen LogP contribution in [0.4, 0.5) is 0 Å². The third kappa shape index (κ3) is 23.4. The zero-order valence-electron chi connectivity index (χ0n) is 16.7. The van der Waals surface area contributed by atoms with Gasteiger partial charge in [-0.15, -0.1) is 0 Å². The van der Waals surface area contributed by atoms with Gasteiger partial charge in [-0.3, -0.25) is 9.59 Å². The summed E-state index contributed by atoms with van der Waals surface area (Å²) in [5.74, 6) is -0.522. The summed E-state index contributed by atoms with van der Waals surface area (Å²) in [5.41, 5.74) is 0. The van der Waals surface area contributed by atoms with E-state index in [9.17, 15) is 9.59 Å². The molecule has 0 radical (unpaired) electrons. The third-order valence-corrected chi connectivity index (χ3v) is 4.31. The van der Waals surface area contributed by atoms with Crippen LogP contribution in [0.3, 0.4) is 0 Å². The summed E-state index contributed by atoms with van der Waals surface area (Å²) in [6, 6.07) is 0. The van der Waals surface area contributed by atoms with Crippen molar-refractivity contribution in [2.75, 3.05) is 6.61 Å². The quantitative estimate of drug-likeness (QED) is 0.105. The molecule has 26 heavy (non-hydrogen) atoms. The minimum absolute atomic E-state index is 0. The van der Waals surface area contributed by atoms with Crippen LogP contribution in [0.2, 0.25) is 0 Å². The second-order valence-corrected chi connectivity index (χ2v) is 7.04. The predicted octanol–water partition coefficient (Wildman–Crippen LogP) is 5.36. The van der Waals surface area contributed by atoms with Gasteiger partial charge >= 0.3 is 5.97 Å². The van der Waals surface area contributed by atoms with Gasteiger partial charge in [0.25, 0.3) is 0 Å². The summed E-state index contributed by atoms with van der Waals surface area (Å²) >= 11 is 0. The van der Waals surface area contributed by atoms with Crippen molar-refractivity contribution >= 4 is 29.1 Å². The lowest BCUT2D eigenvalue weighted by molar-refractivity contribution is -0.145. The second kappa shape index (κ2) is 22.5. The number of ether oxygens (including phenoxy) is 1. The molecule has 0 aliphatic carbocycles. The van der Waals surface area contributed by atoms with Gasteiger partial charge in [-0.25, -0.2) is 0 Å². The van der Waals surface area contributed by atoms with Gasteiger partial charge in [0.15, 0.2) is 17.4 Å². The van der Waals surface area contributed by atoms with Crippen LogP contribution >= 0.6 is 0 Å². The molecule has 0 aliphatic heterocycles. The first-order valence-electron chi connectivity index (χ1n) is 10.5. The van der Waals surface area contributed by atoms with Gasteiger partial charge in [0.2, 0.25) is 0 Å². The maximum atomic E-state index is 11.2. The highest BCUT2D eigenvalue weighted by molar-refractivity contribution is 5.94. The maximum Gasteiger partial charge on any atom is 0.313 e. The van der Waals surface area contributed by atoms with Crippen molar-refractivity contribution in [2.45, 2.75) is 110 Å². The van der Waals surface area contributed by atoms with E-state index in [2.05, 4.69) is 19.1 Å². The first kappa shape index (κ1) is 27.6. The fraction of sp³-hybridized carbons (Fsp3) is 0.818. The first-order valence-corrected chi connectivity index (χ1v) is 10.5. The van der Waals surface area contributed by atoms with Gasteiger partial charge < -0.3 is 4.74 Å². The van der Waals surface area contributed by atoms with E-state index in [1.54, 1.807) is 0 Å². The Morgan fingerprint density at radius 3 is 1.69 bits per heavy atom. The minimum atomic E-state index is -0.389. The van der Waals surface area contributed by atoms with Crippen LogP contribution in [0.5, 0.6) is 0 Å². The van der Waals surface area contributed by atoms with Crippen LogP contribution in [-0.4, -0.2) is 35.7 Å². The number of unbranched alkanes of at least 4 members (excludes halogenated alkanes) is 12. The number of Topliss-reactive ketones (excluding diaryl/α,β-unsaturated/α-hetero) is 1. The molecule has 0 aliphatic rings. The van der Waals surface area contributed by atoms with E-state index in [4.69, 9.17) is 4.74 Å². The van der Waals surface area contributed by atoms with E-state index < -0.39 is 0 Å². The standard InChI is InChI=1S/C22H40O3.Al.3H/c1-3-4-5-6-7-8-9-10-11-12-13-14-15-16-17-18-19-25-22(24)20-21(2)23;;;;/h10-11H,3-9,12-20H2,1-2H3;;;;. The third-order valence-electron chi connectivity index (χ3n) is 4.31. The molecule has 0 saturated heterocycles. The molecule has 0 aromatic rings. The molecule has 3 nitrogen and oxygen atoms in total. The van der Waals surface area contributed by atoms with Crippen molar-refractivity contribution < 1.29 is 14.3 Å². The van der Waals surface area contributed by atoms with Gasteiger partial charge in [0.1, 0.15) is 12.2 Å². The Morgan fingerprint density at radius 2 is 1.19 bits per heavy atom. The largest absolute Gasteiger partial charge is 0.465 e. The first-order chi connectivity index (χ1) is 12.2. The summed E-state index contributed by atoms with van der Waals surface area (Å²) in [6.45, 7) is 4.12. The number of carbonyl (C=O) groups is 2. The molecular weight excluding hydrogens is 339 g/mol. The van der Waals surface area contributed by atoms with Crippen LogP contribution in [-0.2, 0) is 14.3 Å². The molecule has 0 fully saturated rings. The average Bonchev–Trinajstić information content (AvgIpc) is 2.57. The van der Waals surface area contributed by atoms with Gasteiger partial charge in [-0.05, 0) is 39.0 Å². The van der Waals surface area contributed by atoms with Crippen LogP contribution in [0.1, 0.15) is 110 Å². The van der Waals surface area contributed by atoms with Gasteiger partial charge in [0, 0.05) is 0 Å². The second-order valence-electron chi connectivity index (χ2n) is 7.04.